The van der Waals surface area contributed by atoms with Crippen LogP contribution in [0.1, 0.15) is 24.2 Å². The number of aliphatic hydroxyl groups is 1. The van der Waals surface area contributed by atoms with E-state index in [1.807, 2.05) is 13.0 Å². The molecule has 0 saturated carbocycles. The van der Waals surface area contributed by atoms with Crippen molar-refractivity contribution >= 4 is 15.9 Å². The summed E-state index contributed by atoms with van der Waals surface area (Å²) < 4.78 is 11.3. The number of hydrogen-bond donors (Lipinski definition) is 1. The van der Waals surface area contributed by atoms with Gasteiger partial charge in [-0.05, 0) is 41.4 Å². The third-order valence-corrected chi connectivity index (χ3v) is 3.29. The average Bonchev–Trinajstić information content (AvgIpc) is 2.20. The Bertz CT molecular complexity index is 361. The lowest BCUT2D eigenvalue weighted by Crippen LogP contribution is -2.02. The molecule has 1 atom stereocenters. The van der Waals surface area contributed by atoms with Crippen LogP contribution < -0.4 is 9.47 Å². The smallest absolute Gasteiger partial charge is 0.167 e. The van der Waals surface area contributed by atoms with Crippen LogP contribution in [-0.4, -0.2) is 19.3 Å². The van der Waals surface area contributed by atoms with Crippen LogP contribution in [-0.2, 0) is 0 Å². The van der Waals surface area contributed by atoms with Crippen molar-refractivity contribution in [3.63, 3.8) is 0 Å². The molecule has 1 aromatic rings. The lowest BCUT2D eigenvalue weighted by atomic mass is 10.1. The minimum Gasteiger partial charge on any atom is -0.493 e. The van der Waals surface area contributed by atoms with Gasteiger partial charge in [-0.1, -0.05) is 0 Å². The van der Waals surface area contributed by atoms with Crippen molar-refractivity contribution in [1.82, 2.24) is 0 Å². The summed E-state index contributed by atoms with van der Waals surface area (Å²) in [5, 5.41) is 9.70. The van der Waals surface area contributed by atoms with Crippen LogP contribution in [0.4, 0.5) is 0 Å². The molecule has 15 heavy (non-hydrogen) atoms. The molecule has 1 N–H and O–H groups in total. The maximum absolute atomic E-state index is 9.70. The lowest BCUT2D eigenvalue weighted by molar-refractivity contribution is 0.192. The predicted molar refractivity (Wildman–Crippen MR) is 62.6 cm³/mol. The molecule has 0 amide bonds. The summed E-state index contributed by atoms with van der Waals surface area (Å²) in [5.74, 6) is 1.21. The van der Waals surface area contributed by atoms with E-state index in [1.165, 1.54) is 0 Å². The van der Waals surface area contributed by atoms with E-state index < -0.39 is 6.10 Å². The summed E-state index contributed by atoms with van der Waals surface area (Å²) in [6.45, 7) is 3.64. The first-order valence-corrected chi connectivity index (χ1v) is 5.41. The first-order chi connectivity index (χ1) is 7.02. The third kappa shape index (κ3) is 2.26. The second-order valence-corrected chi connectivity index (χ2v) is 4.13. The molecule has 0 aliphatic rings. The van der Waals surface area contributed by atoms with Gasteiger partial charge in [0.15, 0.2) is 11.5 Å². The van der Waals surface area contributed by atoms with E-state index in [0.29, 0.717) is 17.1 Å². The summed E-state index contributed by atoms with van der Waals surface area (Å²) in [6, 6.07) is 1.87. The van der Waals surface area contributed by atoms with Gasteiger partial charge in [-0.2, -0.15) is 0 Å². The van der Waals surface area contributed by atoms with Crippen LogP contribution in [0.2, 0.25) is 0 Å². The second kappa shape index (κ2) is 4.86. The highest BCUT2D eigenvalue weighted by Gasteiger charge is 2.19. The van der Waals surface area contributed by atoms with E-state index in [2.05, 4.69) is 15.9 Å². The van der Waals surface area contributed by atoms with E-state index in [9.17, 15) is 5.11 Å². The minimum atomic E-state index is -0.608. The van der Waals surface area contributed by atoms with Crippen LogP contribution in [0.5, 0.6) is 11.5 Å². The maximum atomic E-state index is 9.70. The molecule has 0 aliphatic carbocycles. The fraction of sp³-hybridized carbons (Fsp3) is 0.455. The van der Waals surface area contributed by atoms with Gasteiger partial charge in [-0.3, -0.25) is 0 Å². The Morgan fingerprint density at radius 2 is 1.93 bits per heavy atom. The number of hydrogen-bond acceptors (Lipinski definition) is 3. The van der Waals surface area contributed by atoms with Crippen LogP contribution in [0.3, 0.4) is 0 Å². The molecule has 0 aromatic heterocycles. The number of aliphatic hydroxyl groups excluding tert-OH is 1. The van der Waals surface area contributed by atoms with Gasteiger partial charge in [-0.25, -0.2) is 0 Å². The molecule has 3 nitrogen and oxygen atoms in total. The van der Waals surface area contributed by atoms with Crippen molar-refractivity contribution in [2.75, 3.05) is 14.2 Å². The van der Waals surface area contributed by atoms with Crippen molar-refractivity contribution in [3.8, 4) is 11.5 Å². The quantitative estimate of drug-likeness (QED) is 0.921. The normalized spacial score (nSPS) is 12.4. The van der Waals surface area contributed by atoms with Crippen LogP contribution in [0.25, 0.3) is 0 Å². The summed E-state index contributed by atoms with van der Waals surface area (Å²) in [6.07, 6.45) is -0.608. The fourth-order valence-corrected chi connectivity index (χ4v) is 2.13. The minimum absolute atomic E-state index is 0.574. The first kappa shape index (κ1) is 12.3. The Balaban J connectivity index is 3.49. The number of rotatable bonds is 3. The van der Waals surface area contributed by atoms with Crippen molar-refractivity contribution in [2.24, 2.45) is 0 Å². The van der Waals surface area contributed by atoms with Crippen molar-refractivity contribution in [3.05, 3.63) is 21.7 Å². The molecular formula is C11H15BrO3. The largest absolute Gasteiger partial charge is 0.493 e. The Labute approximate surface area is 98.1 Å². The number of benzene rings is 1. The van der Waals surface area contributed by atoms with Crippen LogP contribution in [0.15, 0.2) is 10.5 Å². The molecule has 0 radical (unpaired) electrons. The molecule has 0 bridgehead atoms. The van der Waals surface area contributed by atoms with Crippen LogP contribution in [0, 0.1) is 6.92 Å². The molecule has 0 aliphatic heterocycles. The molecular weight excluding hydrogens is 260 g/mol. The molecule has 0 fully saturated rings. The summed E-state index contributed by atoms with van der Waals surface area (Å²) in [7, 11) is 3.14. The Morgan fingerprint density at radius 3 is 2.33 bits per heavy atom. The lowest BCUT2D eigenvalue weighted by Gasteiger charge is -2.18. The van der Waals surface area contributed by atoms with E-state index >= 15 is 0 Å². The topological polar surface area (TPSA) is 38.7 Å². The van der Waals surface area contributed by atoms with Crippen molar-refractivity contribution in [1.29, 1.82) is 0 Å². The standard InChI is InChI=1S/C11H15BrO3/c1-6-5-8(14-3)11(15-4)9(7(2)13)10(6)12/h5,7,13H,1-4H3. The fourth-order valence-electron chi connectivity index (χ4n) is 1.51. The molecule has 1 rings (SSSR count). The molecule has 84 valence electrons. The zero-order valence-electron chi connectivity index (χ0n) is 9.30. The molecule has 1 aromatic carbocycles. The molecule has 0 heterocycles. The zero-order chi connectivity index (χ0) is 11.6. The monoisotopic (exact) mass is 274 g/mol. The van der Waals surface area contributed by atoms with Gasteiger partial charge < -0.3 is 14.6 Å². The van der Waals surface area contributed by atoms with Gasteiger partial charge in [0.2, 0.25) is 0 Å². The number of methoxy groups -OCH3 is 2. The number of aryl methyl sites for hydroxylation is 1. The van der Waals surface area contributed by atoms with E-state index in [4.69, 9.17) is 9.47 Å². The molecule has 0 saturated heterocycles. The second-order valence-electron chi connectivity index (χ2n) is 3.33. The average molecular weight is 275 g/mol. The summed E-state index contributed by atoms with van der Waals surface area (Å²) >= 11 is 3.44. The van der Waals surface area contributed by atoms with Gasteiger partial charge in [0.05, 0.1) is 20.3 Å². The van der Waals surface area contributed by atoms with E-state index in [-0.39, 0.29) is 0 Å². The van der Waals surface area contributed by atoms with E-state index in [1.54, 1.807) is 21.1 Å². The van der Waals surface area contributed by atoms with Gasteiger partial charge in [0.1, 0.15) is 0 Å². The maximum Gasteiger partial charge on any atom is 0.167 e. The van der Waals surface area contributed by atoms with Crippen LogP contribution >= 0.6 is 15.9 Å². The highest BCUT2D eigenvalue weighted by molar-refractivity contribution is 9.10. The number of halogens is 1. The Hall–Kier alpha value is -0.740. The molecule has 0 spiro atoms. The van der Waals surface area contributed by atoms with E-state index in [0.717, 1.165) is 10.0 Å². The highest BCUT2D eigenvalue weighted by atomic mass is 79.9. The van der Waals surface area contributed by atoms with Gasteiger partial charge >= 0.3 is 0 Å². The summed E-state index contributed by atoms with van der Waals surface area (Å²) in [5.41, 5.74) is 1.72. The Morgan fingerprint density at radius 1 is 1.33 bits per heavy atom. The van der Waals surface area contributed by atoms with Crippen molar-refractivity contribution in [2.45, 2.75) is 20.0 Å². The highest BCUT2D eigenvalue weighted by Crippen LogP contribution is 2.41. The Kier molecular flexibility index (Phi) is 3.99. The molecule has 4 heteroatoms. The summed E-state index contributed by atoms with van der Waals surface area (Å²) in [4.78, 5) is 0. The van der Waals surface area contributed by atoms with Crippen molar-refractivity contribution < 1.29 is 14.6 Å². The first-order valence-electron chi connectivity index (χ1n) is 4.62. The van der Waals surface area contributed by atoms with Gasteiger partial charge in [-0.15, -0.1) is 0 Å². The zero-order valence-corrected chi connectivity index (χ0v) is 10.9. The predicted octanol–water partition coefficient (Wildman–Crippen LogP) is 2.83. The molecule has 1 unspecified atom stereocenters. The van der Waals surface area contributed by atoms with Gasteiger partial charge in [0.25, 0.3) is 0 Å². The number of ether oxygens (including phenoxy) is 2. The third-order valence-electron chi connectivity index (χ3n) is 2.24. The van der Waals surface area contributed by atoms with Gasteiger partial charge in [0, 0.05) is 10.0 Å². The SMILES string of the molecule is COc1cc(C)c(Br)c(C(C)O)c1OC.